The standard InChI is InChI=1S/C23H21N3O2/c1-3-28-18-9-11-21-20(13-18)23(24)19-10-6-16(12-22(19)26-21)25-14-15-4-7-17(27-2)8-5-15/h4-14H,3H2,1-2H3,(H2,24,26). The molecular formula is C23H21N3O2. The first-order valence-corrected chi connectivity index (χ1v) is 9.12. The molecule has 0 fully saturated rings. The van der Waals surface area contributed by atoms with Crippen LogP contribution in [0.1, 0.15) is 12.5 Å². The molecule has 0 aliphatic heterocycles. The van der Waals surface area contributed by atoms with Crippen LogP contribution < -0.4 is 15.2 Å². The zero-order valence-corrected chi connectivity index (χ0v) is 15.8. The molecule has 1 heterocycles. The molecule has 0 aliphatic carbocycles. The van der Waals surface area contributed by atoms with Gasteiger partial charge in [-0.3, -0.25) is 4.99 Å². The van der Waals surface area contributed by atoms with Gasteiger partial charge in [0.15, 0.2) is 0 Å². The van der Waals surface area contributed by atoms with Crippen molar-refractivity contribution in [1.29, 1.82) is 0 Å². The number of hydrogen-bond acceptors (Lipinski definition) is 5. The molecule has 0 saturated carbocycles. The minimum Gasteiger partial charge on any atom is -0.497 e. The smallest absolute Gasteiger partial charge is 0.120 e. The van der Waals surface area contributed by atoms with Crippen molar-refractivity contribution in [3.63, 3.8) is 0 Å². The molecule has 0 atom stereocenters. The van der Waals surface area contributed by atoms with E-state index in [9.17, 15) is 0 Å². The van der Waals surface area contributed by atoms with E-state index in [2.05, 4.69) is 4.99 Å². The van der Waals surface area contributed by atoms with Crippen LogP contribution in [0.5, 0.6) is 11.5 Å². The number of anilines is 1. The van der Waals surface area contributed by atoms with Crippen molar-refractivity contribution < 1.29 is 9.47 Å². The minimum absolute atomic E-state index is 0.613. The van der Waals surface area contributed by atoms with Crippen molar-refractivity contribution in [2.75, 3.05) is 19.5 Å². The quantitative estimate of drug-likeness (QED) is 0.390. The van der Waals surface area contributed by atoms with Gasteiger partial charge in [-0.15, -0.1) is 0 Å². The number of aliphatic imine (C=N–C) groups is 1. The molecule has 0 bridgehead atoms. The lowest BCUT2D eigenvalue weighted by Gasteiger charge is -2.09. The third-order valence-corrected chi connectivity index (χ3v) is 4.56. The van der Waals surface area contributed by atoms with Gasteiger partial charge in [-0.05, 0) is 73.2 Å². The van der Waals surface area contributed by atoms with E-state index in [-0.39, 0.29) is 0 Å². The Morgan fingerprint density at radius 3 is 2.46 bits per heavy atom. The Labute approximate surface area is 163 Å². The van der Waals surface area contributed by atoms with E-state index in [0.29, 0.717) is 12.3 Å². The number of methoxy groups -OCH3 is 1. The maximum atomic E-state index is 6.42. The second-order valence-corrected chi connectivity index (χ2v) is 6.37. The van der Waals surface area contributed by atoms with Crippen LogP contribution in [0.15, 0.2) is 65.7 Å². The molecule has 2 N–H and O–H groups in total. The van der Waals surface area contributed by atoms with Crippen LogP contribution in [0.2, 0.25) is 0 Å². The molecule has 4 aromatic rings. The Balaban J connectivity index is 1.70. The fourth-order valence-electron chi connectivity index (χ4n) is 3.12. The topological polar surface area (TPSA) is 69.7 Å². The predicted molar refractivity (Wildman–Crippen MR) is 115 cm³/mol. The normalized spacial score (nSPS) is 11.4. The van der Waals surface area contributed by atoms with Gasteiger partial charge in [0.2, 0.25) is 0 Å². The van der Waals surface area contributed by atoms with E-state index >= 15 is 0 Å². The lowest BCUT2D eigenvalue weighted by Crippen LogP contribution is -1.95. The molecule has 0 spiro atoms. The highest BCUT2D eigenvalue weighted by atomic mass is 16.5. The fourth-order valence-corrected chi connectivity index (χ4v) is 3.12. The minimum atomic E-state index is 0.613. The summed E-state index contributed by atoms with van der Waals surface area (Å²) in [6.07, 6.45) is 1.82. The average molecular weight is 371 g/mol. The zero-order chi connectivity index (χ0) is 19.5. The fraction of sp³-hybridized carbons (Fsp3) is 0.130. The number of hydrogen-bond donors (Lipinski definition) is 1. The third-order valence-electron chi connectivity index (χ3n) is 4.56. The maximum Gasteiger partial charge on any atom is 0.120 e. The number of nitrogens with zero attached hydrogens (tertiary/aromatic N) is 2. The van der Waals surface area contributed by atoms with Gasteiger partial charge >= 0.3 is 0 Å². The highest BCUT2D eigenvalue weighted by molar-refractivity contribution is 6.07. The van der Waals surface area contributed by atoms with Gasteiger partial charge in [0.1, 0.15) is 11.5 Å². The van der Waals surface area contributed by atoms with Gasteiger partial charge in [-0.2, -0.15) is 0 Å². The van der Waals surface area contributed by atoms with Crippen molar-refractivity contribution in [1.82, 2.24) is 4.98 Å². The molecule has 1 aromatic heterocycles. The van der Waals surface area contributed by atoms with Gasteiger partial charge in [0.05, 0.1) is 36.1 Å². The van der Waals surface area contributed by atoms with Crippen LogP contribution in [0, 0.1) is 0 Å². The Morgan fingerprint density at radius 2 is 1.71 bits per heavy atom. The van der Waals surface area contributed by atoms with Crippen LogP contribution >= 0.6 is 0 Å². The summed E-state index contributed by atoms with van der Waals surface area (Å²) in [5.74, 6) is 1.62. The molecular weight excluding hydrogens is 350 g/mol. The Hall–Kier alpha value is -3.60. The molecule has 0 saturated heterocycles. The Bertz CT molecular complexity index is 1170. The Morgan fingerprint density at radius 1 is 0.929 bits per heavy atom. The van der Waals surface area contributed by atoms with Crippen molar-refractivity contribution >= 4 is 39.4 Å². The van der Waals surface area contributed by atoms with E-state index in [0.717, 1.165) is 44.6 Å². The van der Waals surface area contributed by atoms with E-state index in [4.69, 9.17) is 20.2 Å². The molecule has 5 heteroatoms. The molecule has 4 rings (SSSR count). The van der Waals surface area contributed by atoms with Crippen molar-refractivity contribution in [2.45, 2.75) is 6.92 Å². The summed E-state index contributed by atoms with van der Waals surface area (Å²) in [4.78, 5) is 9.32. The van der Waals surface area contributed by atoms with E-state index in [1.165, 1.54) is 0 Å². The summed E-state index contributed by atoms with van der Waals surface area (Å²) >= 11 is 0. The van der Waals surface area contributed by atoms with Gasteiger partial charge < -0.3 is 15.2 Å². The summed E-state index contributed by atoms with van der Waals surface area (Å²) in [5.41, 5.74) is 10.6. The van der Waals surface area contributed by atoms with Crippen molar-refractivity contribution in [3.8, 4) is 11.5 Å². The van der Waals surface area contributed by atoms with Crippen LogP contribution in [0.25, 0.3) is 21.8 Å². The number of fused-ring (bicyclic) bond motifs is 2. The number of nitrogens with two attached hydrogens (primary N) is 1. The van der Waals surface area contributed by atoms with E-state index in [1.54, 1.807) is 7.11 Å². The van der Waals surface area contributed by atoms with Crippen molar-refractivity contribution in [3.05, 3.63) is 66.2 Å². The molecule has 140 valence electrons. The first kappa shape index (κ1) is 17.8. The molecule has 0 unspecified atom stereocenters. The van der Waals surface area contributed by atoms with E-state index in [1.807, 2.05) is 73.8 Å². The van der Waals surface area contributed by atoms with Crippen LogP contribution in [0.4, 0.5) is 11.4 Å². The Kier molecular flexibility index (Phi) is 4.81. The van der Waals surface area contributed by atoms with Crippen LogP contribution in [-0.2, 0) is 0 Å². The lowest BCUT2D eigenvalue weighted by atomic mass is 10.1. The highest BCUT2D eigenvalue weighted by Gasteiger charge is 2.08. The monoisotopic (exact) mass is 371 g/mol. The van der Waals surface area contributed by atoms with Gasteiger partial charge in [0, 0.05) is 17.0 Å². The SMILES string of the molecule is CCOc1ccc2nc3cc(N=Cc4ccc(OC)cc4)ccc3c(N)c2c1. The summed E-state index contributed by atoms with van der Waals surface area (Å²) in [7, 11) is 1.65. The molecule has 5 nitrogen and oxygen atoms in total. The van der Waals surface area contributed by atoms with Crippen LogP contribution in [-0.4, -0.2) is 24.9 Å². The van der Waals surface area contributed by atoms with Gasteiger partial charge in [0.25, 0.3) is 0 Å². The maximum absolute atomic E-state index is 6.42. The number of ether oxygens (including phenoxy) is 2. The average Bonchev–Trinajstić information content (AvgIpc) is 2.73. The molecule has 3 aromatic carbocycles. The number of aromatic nitrogens is 1. The molecule has 0 aliphatic rings. The predicted octanol–water partition coefficient (Wildman–Crippen LogP) is 5.13. The first-order valence-electron chi connectivity index (χ1n) is 9.12. The number of benzene rings is 3. The second kappa shape index (κ2) is 7.56. The second-order valence-electron chi connectivity index (χ2n) is 6.37. The van der Waals surface area contributed by atoms with Crippen molar-refractivity contribution in [2.24, 2.45) is 4.99 Å². The highest BCUT2D eigenvalue weighted by Crippen LogP contribution is 2.32. The summed E-state index contributed by atoms with van der Waals surface area (Å²) in [6, 6.07) is 19.4. The third kappa shape index (κ3) is 3.47. The van der Waals surface area contributed by atoms with Gasteiger partial charge in [-0.1, -0.05) is 0 Å². The zero-order valence-electron chi connectivity index (χ0n) is 15.8. The first-order chi connectivity index (χ1) is 13.7. The lowest BCUT2D eigenvalue weighted by molar-refractivity contribution is 0.341. The largest absolute Gasteiger partial charge is 0.497 e. The van der Waals surface area contributed by atoms with E-state index < -0.39 is 0 Å². The number of pyridine rings is 1. The summed E-state index contributed by atoms with van der Waals surface area (Å²) in [5, 5.41) is 1.80. The number of rotatable bonds is 5. The summed E-state index contributed by atoms with van der Waals surface area (Å²) < 4.78 is 10.8. The molecule has 28 heavy (non-hydrogen) atoms. The van der Waals surface area contributed by atoms with Gasteiger partial charge in [-0.25, -0.2) is 4.98 Å². The molecule has 0 amide bonds. The van der Waals surface area contributed by atoms with Crippen LogP contribution in [0.3, 0.4) is 0 Å². The number of nitrogen functional groups attached to an aromatic ring is 1. The summed E-state index contributed by atoms with van der Waals surface area (Å²) in [6.45, 7) is 2.57. The molecule has 0 radical (unpaired) electrons.